The molecular weight excluding hydrogens is 378 g/mol. The van der Waals surface area contributed by atoms with Crippen LogP contribution in [0, 0.1) is 11.8 Å². The van der Waals surface area contributed by atoms with Crippen molar-refractivity contribution in [2.45, 2.75) is 19.3 Å². The zero-order valence-corrected chi connectivity index (χ0v) is 16.5. The summed E-state index contributed by atoms with van der Waals surface area (Å²) in [5.41, 5.74) is 1.06. The van der Waals surface area contributed by atoms with E-state index in [4.69, 9.17) is 11.6 Å². The van der Waals surface area contributed by atoms with E-state index in [1.165, 1.54) is 4.90 Å². The van der Waals surface area contributed by atoms with Crippen molar-refractivity contribution in [1.29, 1.82) is 0 Å². The minimum absolute atomic E-state index is 0.000610. The third kappa shape index (κ3) is 3.65. The number of hydrogen-bond donors (Lipinski definition) is 0. The number of hydrogen-bond acceptors (Lipinski definition) is 4. The summed E-state index contributed by atoms with van der Waals surface area (Å²) in [5, 5.41) is 0.701. The number of amides is 3. The lowest BCUT2D eigenvalue weighted by Crippen LogP contribution is -2.49. The normalized spacial score (nSPS) is 24.7. The van der Waals surface area contributed by atoms with Crippen molar-refractivity contribution in [3.8, 4) is 0 Å². The van der Waals surface area contributed by atoms with Gasteiger partial charge in [0.15, 0.2) is 0 Å². The Labute approximate surface area is 169 Å². The van der Waals surface area contributed by atoms with Crippen molar-refractivity contribution in [3.63, 3.8) is 0 Å². The number of carbonyl (C=O) groups excluding carboxylic acids is 3. The fourth-order valence-corrected chi connectivity index (χ4v) is 4.53. The lowest BCUT2D eigenvalue weighted by atomic mass is 9.85. The van der Waals surface area contributed by atoms with Crippen molar-refractivity contribution in [1.82, 2.24) is 9.80 Å². The van der Waals surface area contributed by atoms with E-state index in [-0.39, 0.29) is 42.5 Å². The summed E-state index contributed by atoms with van der Waals surface area (Å²) in [6.07, 6.45) is 5.40. The van der Waals surface area contributed by atoms with E-state index >= 15 is 0 Å². The molecule has 0 spiro atoms. The summed E-state index contributed by atoms with van der Waals surface area (Å²) in [6.45, 7) is 2.93. The molecule has 2 heterocycles. The summed E-state index contributed by atoms with van der Waals surface area (Å²) in [5.74, 6) is -0.683. The maximum absolute atomic E-state index is 12.6. The SMILES string of the molecule is O=C(CCN1C(=O)C2CC=CCC2C1=O)N1CCN(c2cccc(Cl)c2)CC1. The van der Waals surface area contributed by atoms with Crippen molar-refractivity contribution in [2.75, 3.05) is 37.6 Å². The molecule has 0 aromatic heterocycles. The van der Waals surface area contributed by atoms with Crippen LogP contribution < -0.4 is 4.90 Å². The van der Waals surface area contributed by atoms with Crippen molar-refractivity contribution < 1.29 is 14.4 Å². The van der Waals surface area contributed by atoms with Gasteiger partial charge in [-0.1, -0.05) is 29.8 Å². The molecule has 28 heavy (non-hydrogen) atoms. The molecule has 2 aliphatic heterocycles. The quantitative estimate of drug-likeness (QED) is 0.574. The molecule has 3 aliphatic rings. The number of likely N-dealkylation sites (tertiary alicyclic amines) is 1. The van der Waals surface area contributed by atoms with Gasteiger partial charge in [0.1, 0.15) is 0 Å². The second kappa shape index (κ2) is 7.95. The summed E-state index contributed by atoms with van der Waals surface area (Å²) in [7, 11) is 0. The topological polar surface area (TPSA) is 60.9 Å². The fraction of sp³-hybridized carbons (Fsp3) is 0.476. The van der Waals surface area contributed by atoms with Crippen molar-refractivity contribution in [3.05, 3.63) is 41.4 Å². The number of allylic oxidation sites excluding steroid dienone is 2. The maximum atomic E-state index is 12.6. The lowest BCUT2D eigenvalue weighted by Gasteiger charge is -2.36. The smallest absolute Gasteiger partial charge is 0.233 e. The molecule has 7 heteroatoms. The molecule has 0 N–H and O–H groups in total. The van der Waals surface area contributed by atoms with Crippen molar-refractivity contribution in [2.24, 2.45) is 11.8 Å². The molecule has 2 saturated heterocycles. The zero-order valence-electron chi connectivity index (χ0n) is 15.7. The van der Waals surface area contributed by atoms with E-state index in [9.17, 15) is 14.4 Å². The lowest BCUT2D eigenvalue weighted by molar-refractivity contribution is -0.140. The first-order valence-corrected chi connectivity index (χ1v) is 10.2. The molecule has 1 aliphatic carbocycles. The first-order chi connectivity index (χ1) is 13.5. The Morgan fingerprint density at radius 1 is 1.00 bits per heavy atom. The third-order valence-electron chi connectivity index (χ3n) is 5.95. The third-order valence-corrected chi connectivity index (χ3v) is 6.19. The number of benzene rings is 1. The van der Waals surface area contributed by atoms with Crippen LogP contribution in [0.5, 0.6) is 0 Å². The van der Waals surface area contributed by atoms with Crippen LogP contribution in [0.25, 0.3) is 0 Å². The Morgan fingerprint density at radius 2 is 1.64 bits per heavy atom. The van der Waals surface area contributed by atoms with Gasteiger partial charge in [-0.25, -0.2) is 0 Å². The molecule has 0 bridgehead atoms. The minimum atomic E-state index is -0.228. The van der Waals surface area contributed by atoms with Gasteiger partial charge in [-0.15, -0.1) is 0 Å². The van der Waals surface area contributed by atoms with Crippen LogP contribution in [0.15, 0.2) is 36.4 Å². The van der Waals surface area contributed by atoms with Gasteiger partial charge in [-0.2, -0.15) is 0 Å². The van der Waals surface area contributed by atoms with Crippen LogP contribution in [0.4, 0.5) is 5.69 Å². The zero-order chi connectivity index (χ0) is 19.7. The van der Waals surface area contributed by atoms with E-state index in [2.05, 4.69) is 4.90 Å². The fourth-order valence-electron chi connectivity index (χ4n) is 4.34. The second-order valence-electron chi connectivity index (χ2n) is 7.58. The molecule has 0 radical (unpaired) electrons. The summed E-state index contributed by atoms with van der Waals surface area (Å²) < 4.78 is 0. The number of halogens is 1. The van der Waals surface area contributed by atoms with Gasteiger partial charge in [0, 0.05) is 49.9 Å². The molecule has 148 valence electrons. The van der Waals surface area contributed by atoms with E-state index in [1.54, 1.807) is 0 Å². The van der Waals surface area contributed by atoms with E-state index < -0.39 is 0 Å². The van der Waals surface area contributed by atoms with Gasteiger partial charge in [-0.05, 0) is 31.0 Å². The number of anilines is 1. The van der Waals surface area contributed by atoms with Gasteiger partial charge in [0.05, 0.1) is 11.8 Å². The highest BCUT2D eigenvalue weighted by molar-refractivity contribution is 6.30. The van der Waals surface area contributed by atoms with Gasteiger partial charge in [0.25, 0.3) is 0 Å². The number of rotatable bonds is 4. The van der Waals surface area contributed by atoms with Crippen LogP contribution >= 0.6 is 11.6 Å². The highest BCUT2D eigenvalue weighted by Gasteiger charge is 2.47. The highest BCUT2D eigenvalue weighted by Crippen LogP contribution is 2.35. The van der Waals surface area contributed by atoms with Crippen LogP contribution in [-0.4, -0.2) is 60.2 Å². The number of piperazine rings is 1. The number of carbonyl (C=O) groups is 3. The molecule has 2 fully saturated rings. The van der Waals surface area contributed by atoms with E-state index in [1.807, 2.05) is 41.3 Å². The minimum Gasteiger partial charge on any atom is -0.368 e. The van der Waals surface area contributed by atoms with E-state index in [0.717, 1.165) is 18.8 Å². The van der Waals surface area contributed by atoms with Crippen LogP contribution in [0.1, 0.15) is 19.3 Å². The number of fused-ring (bicyclic) bond motifs is 1. The highest BCUT2D eigenvalue weighted by atomic mass is 35.5. The number of nitrogens with zero attached hydrogens (tertiary/aromatic N) is 3. The van der Waals surface area contributed by atoms with Crippen LogP contribution in [0.2, 0.25) is 5.02 Å². The predicted octanol–water partition coefficient (Wildman–Crippen LogP) is 2.33. The molecule has 0 saturated carbocycles. The Hall–Kier alpha value is -2.34. The van der Waals surface area contributed by atoms with E-state index in [0.29, 0.717) is 31.0 Å². The number of imide groups is 1. The monoisotopic (exact) mass is 401 g/mol. The second-order valence-corrected chi connectivity index (χ2v) is 8.02. The summed E-state index contributed by atoms with van der Waals surface area (Å²) in [4.78, 5) is 42.9. The Morgan fingerprint density at radius 3 is 2.25 bits per heavy atom. The Kier molecular flexibility index (Phi) is 5.40. The first kappa shape index (κ1) is 19.0. The predicted molar refractivity (Wildman–Crippen MR) is 107 cm³/mol. The average molecular weight is 402 g/mol. The Balaban J connectivity index is 1.28. The van der Waals surface area contributed by atoms with Crippen LogP contribution in [0.3, 0.4) is 0 Å². The molecule has 2 atom stereocenters. The average Bonchev–Trinajstić information content (AvgIpc) is 2.97. The molecule has 1 aromatic carbocycles. The van der Waals surface area contributed by atoms with Crippen molar-refractivity contribution >= 4 is 35.0 Å². The van der Waals surface area contributed by atoms with Gasteiger partial charge < -0.3 is 9.80 Å². The van der Waals surface area contributed by atoms with Gasteiger partial charge in [0.2, 0.25) is 17.7 Å². The first-order valence-electron chi connectivity index (χ1n) is 9.83. The largest absolute Gasteiger partial charge is 0.368 e. The Bertz CT molecular complexity index is 791. The van der Waals surface area contributed by atoms with Gasteiger partial charge in [-0.3, -0.25) is 19.3 Å². The molecule has 2 unspecified atom stereocenters. The standard InChI is InChI=1S/C21H24ClN3O3/c22-15-4-3-5-16(14-15)23-10-12-24(13-11-23)19(26)8-9-25-20(27)17-6-1-2-7-18(17)21(25)28/h1-5,14,17-18H,6-13H2. The summed E-state index contributed by atoms with van der Waals surface area (Å²) >= 11 is 6.06. The molecular formula is C21H24ClN3O3. The van der Waals surface area contributed by atoms with Gasteiger partial charge >= 0.3 is 0 Å². The molecule has 6 nitrogen and oxygen atoms in total. The summed E-state index contributed by atoms with van der Waals surface area (Å²) in [6, 6.07) is 7.71. The van der Waals surface area contributed by atoms with Crippen LogP contribution in [-0.2, 0) is 14.4 Å². The maximum Gasteiger partial charge on any atom is 0.233 e. The molecule has 1 aromatic rings. The molecule has 4 rings (SSSR count). The molecule has 3 amide bonds.